The Bertz CT molecular complexity index is 583. The molecule has 1 aliphatic carbocycles. The van der Waals surface area contributed by atoms with Gasteiger partial charge < -0.3 is 10.5 Å². The Labute approximate surface area is 124 Å². The monoisotopic (exact) mass is 314 g/mol. The maximum absolute atomic E-state index is 12.1. The van der Waals surface area contributed by atoms with Crippen molar-refractivity contribution >= 4 is 27.2 Å². The van der Waals surface area contributed by atoms with Gasteiger partial charge in [0.1, 0.15) is 4.99 Å². The number of sulfonamides is 1. The first-order valence-electron chi connectivity index (χ1n) is 6.46. The lowest BCUT2D eigenvalue weighted by molar-refractivity contribution is 0.129. The maximum atomic E-state index is 12.1. The number of benzene rings is 1. The molecule has 3 N–H and O–H groups in total. The van der Waals surface area contributed by atoms with E-state index in [1.54, 1.807) is 12.1 Å². The number of hydrogen-bond acceptors (Lipinski definition) is 4. The first-order valence-corrected chi connectivity index (χ1v) is 8.35. The topological polar surface area (TPSA) is 81.4 Å². The van der Waals surface area contributed by atoms with Crippen molar-refractivity contribution in [2.45, 2.75) is 17.7 Å². The molecule has 0 aliphatic heterocycles. The lowest BCUT2D eigenvalue weighted by Crippen LogP contribution is -2.28. The lowest BCUT2D eigenvalue weighted by atomic mass is 10.2. The number of ether oxygens (including phenoxy) is 1. The number of hydrogen-bond donors (Lipinski definition) is 2. The molecule has 1 aliphatic rings. The molecule has 5 nitrogen and oxygen atoms in total. The number of nitrogens with one attached hydrogen (secondary N) is 1. The van der Waals surface area contributed by atoms with E-state index >= 15 is 0 Å². The Morgan fingerprint density at radius 1 is 1.45 bits per heavy atom. The summed E-state index contributed by atoms with van der Waals surface area (Å²) >= 11 is 4.84. The fraction of sp³-hybridized carbons (Fsp3) is 0.462. The molecule has 0 aromatic heterocycles. The smallest absolute Gasteiger partial charge is 0.240 e. The molecule has 0 unspecified atom stereocenters. The largest absolute Gasteiger partial charge is 0.389 e. The molecule has 1 fully saturated rings. The van der Waals surface area contributed by atoms with Crippen LogP contribution in [0.25, 0.3) is 0 Å². The molecule has 1 aromatic carbocycles. The molecule has 1 saturated carbocycles. The molecule has 110 valence electrons. The van der Waals surface area contributed by atoms with Crippen molar-refractivity contribution < 1.29 is 13.2 Å². The number of rotatable bonds is 8. The average Bonchev–Trinajstić information content (AvgIpc) is 3.22. The van der Waals surface area contributed by atoms with E-state index in [1.807, 2.05) is 0 Å². The summed E-state index contributed by atoms with van der Waals surface area (Å²) in [6, 6.07) is 6.28. The van der Waals surface area contributed by atoms with E-state index in [-0.39, 0.29) is 16.4 Å². The number of nitrogens with two attached hydrogens (primary N) is 1. The van der Waals surface area contributed by atoms with E-state index in [0.717, 1.165) is 6.61 Å². The molecule has 7 heteroatoms. The summed E-state index contributed by atoms with van der Waals surface area (Å²) < 4.78 is 32.0. The van der Waals surface area contributed by atoms with Crippen LogP contribution in [0.1, 0.15) is 18.4 Å². The Kier molecular flexibility index (Phi) is 5.09. The standard InChI is InChI=1S/C13H18N2O3S2/c14-13(19)11-2-1-3-12(8-11)20(16,17)15-6-7-18-9-10-4-5-10/h1-3,8,10,15H,4-7,9H2,(H2,14,19). The second kappa shape index (κ2) is 6.62. The Morgan fingerprint density at radius 3 is 2.85 bits per heavy atom. The molecule has 0 spiro atoms. The van der Waals surface area contributed by atoms with Gasteiger partial charge in [-0.05, 0) is 30.9 Å². The van der Waals surface area contributed by atoms with Gasteiger partial charge in [0.25, 0.3) is 0 Å². The van der Waals surface area contributed by atoms with Crippen molar-refractivity contribution in [2.24, 2.45) is 11.7 Å². The second-order valence-electron chi connectivity index (χ2n) is 4.81. The molecule has 1 aromatic rings. The van der Waals surface area contributed by atoms with Gasteiger partial charge in [-0.2, -0.15) is 0 Å². The van der Waals surface area contributed by atoms with Gasteiger partial charge in [0.15, 0.2) is 0 Å². The molecule has 0 radical (unpaired) electrons. The molecule has 0 heterocycles. The summed E-state index contributed by atoms with van der Waals surface area (Å²) in [7, 11) is -3.55. The highest BCUT2D eigenvalue weighted by molar-refractivity contribution is 7.89. The van der Waals surface area contributed by atoms with Gasteiger partial charge in [-0.1, -0.05) is 24.4 Å². The number of thiocarbonyl (C=S) groups is 1. The van der Waals surface area contributed by atoms with Crippen molar-refractivity contribution in [3.63, 3.8) is 0 Å². The van der Waals surface area contributed by atoms with E-state index in [2.05, 4.69) is 4.72 Å². The average molecular weight is 314 g/mol. The van der Waals surface area contributed by atoms with Crippen LogP contribution in [-0.2, 0) is 14.8 Å². The lowest BCUT2D eigenvalue weighted by Gasteiger charge is -2.08. The van der Waals surface area contributed by atoms with Crippen molar-refractivity contribution in [2.75, 3.05) is 19.8 Å². The highest BCUT2D eigenvalue weighted by Gasteiger charge is 2.21. The van der Waals surface area contributed by atoms with Gasteiger partial charge in [0, 0.05) is 18.7 Å². The van der Waals surface area contributed by atoms with Crippen LogP contribution < -0.4 is 10.5 Å². The van der Waals surface area contributed by atoms with Crippen LogP contribution in [0.3, 0.4) is 0 Å². The van der Waals surface area contributed by atoms with Crippen molar-refractivity contribution in [3.05, 3.63) is 29.8 Å². The van der Waals surface area contributed by atoms with E-state index in [9.17, 15) is 8.42 Å². The molecule has 0 amide bonds. The third kappa shape index (κ3) is 4.52. The van der Waals surface area contributed by atoms with Crippen LogP contribution in [-0.4, -0.2) is 33.2 Å². The summed E-state index contributed by atoms with van der Waals surface area (Å²) in [6.45, 7) is 1.36. The van der Waals surface area contributed by atoms with Gasteiger partial charge in [-0.3, -0.25) is 0 Å². The van der Waals surface area contributed by atoms with Crippen LogP contribution in [0.2, 0.25) is 0 Å². The van der Waals surface area contributed by atoms with E-state index in [0.29, 0.717) is 18.1 Å². The SMILES string of the molecule is NC(=S)c1cccc(S(=O)(=O)NCCOCC2CC2)c1. The third-order valence-electron chi connectivity index (χ3n) is 3.02. The highest BCUT2D eigenvalue weighted by Crippen LogP contribution is 2.28. The minimum absolute atomic E-state index is 0.157. The first kappa shape index (κ1) is 15.4. The molecular weight excluding hydrogens is 296 g/mol. The summed E-state index contributed by atoms with van der Waals surface area (Å²) in [4.78, 5) is 0.333. The molecular formula is C13H18N2O3S2. The minimum atomic E-state index is -3.55. The third-order valence-corrected chi connectivity index (χ3v) is 4.71. The van der Waals surface area contributed by atoms with Crippen molar-refractivity contribution in [1.82, 2.24) is 4.72 Å². The zero-order valence-electron chi connectivity index (χ0n) is 11.0. The van der Waals surface area contributed by atoms with Crippen LogP contribution in [0.5, 0.6) is 0 Å². The van der Waals surface area contributed by atoms with Gasteiger partial charge >= 0.3 is 0 Å². The molecule has 20 heavy (non-hydrogen) atoms. The zero-order valence-corrected chi connectivity index (χ0v) is 12.7. The summed E-state index contributed by atoms with van der Waals surface area (Å²) in [6.07, 6.45) is 2.44. The van der Waals surface area contributed by atoms with E-state index in [4.69, 9.17) is 22.7 Å². The Morgan fingerprint density at radius 2 is 2.20 bits per heavy atom. The molecule has 0 bridgehead atoms. The summed E-state index contributed by atoms with van der Waals surface area (Å²) in [5.74, 6) is 0.675. The van der Waals surface area contributed by atoms with Gasteiger partial charge in [-0.15, -0.1) is 0 Å². The summed E-state index contributed by atoms with van der Waals surface area (Å²) in [5, 5.41) is 0. The van der Waals surface area contributed by atoms with Crippen LogP contribution in [0.4, 0.5) is 0 Å². The van der Waals surface area contributed by atoms with Gasteiger partial charge in [0.2, 0.25) is 10.0 Å². The molecule has 0 saturated heterocycles. The maximum Gasteiger partial charge on any atom is 0.240 e. The van der Waals surface area contributed by atoms with Gasteiger partial charge in [-0.25, -0.2) is 13.1 Å². The van der Waals surface area contributed by atoms with E-state index in [1.165, 1.54) is 25.0 Å². The Balaban J connectivity index is 1.88. The minimum Gasteiger partial charge on any atom is -0.389 e. The van der Waals surface area contributed by atoms with Crippen LogP contribution in [0.15, 0.2) is 29.2 Å². The first-order chi connectivity index (χ1) is 9.49. The summed E-state index contributed by atoms with van der Waals surface area (Å²) in [5.41, 5.74) is 6.03. The van der Waals surface area contributed by atoms with E-state index < -0.39 is 10.0 Å². The molecule has 2 rings (SSSR count). The van der Waals surface area contributed by atoms with Crippen LogP contribution >= 0.6 is 12.2 Å². The van der Waals surface area contributed by atoms with Crippen molar-refractivity contribution in [1.29, 1.82) is 0 Å². The fourth-order valence-electron chi connectivity index (χ4n) is 1.68. The second-order valence-corrected chi connectivity index (χ2v) is 7.01. The van der Waals surface area contributed by atoms with Gasteiger partial charge in [0.05, 0.1) is 11.5 Å². The fourth-order valence-corrected chi connectivity index (χ4v) is 2.87. The highest BCUT2D eigenvalue weighted by atomic mass is 32.2. The predicted octanol–water partition coefficient (Wildman–Crippen LogP) is 1.03. The molecule has 0 atom stereocenters. The van der Waals surface area contributed by atoms with Crippen LogP contribution in [0, 0.1) is 5.92 Å². The predicted molar refractivity (Wildman–Crippen MR) is 81.1 cm³/mol. The normalized spacial score (nSPS) is 15.2. The quantitative estimate of drug-likeness (QED) is 0.553. The zero-order chi connectivity index (χ0) is 14.6. The van der Waals surface area contributed by atoms with Crippen molar-refractivity contribution in [3.8, 4) is 0 Å². The Hall–Kier alpha value is -1.02.